The van der Waals surface area contributed by atoms with E-state index < -0.39 is 27.1 Å². The topological polar surface area (TPSA) is 139 Å². The van der Waals surface area contributed by atoms with Crippen LogP contribution in [-0.2, 0) is 0 Å². The van der Waals surface area contributed by atoms with Crippen molar-refractivity contribution < 1.29 is 14.6 Å². The van der Waals surface area contributed by atoms with Gasteiger partial charge in [-0.2, -0.15) is 5.10 Å². The molecule has 1 aromatic carbocycles. The van der Waals surface area contributed by atoms with Gasteiger partial charge in [0, 0.05) is 58.5 Å². The first kappa shape index (κ1) is 19.9. The van der Waals surface area contributed by atoms with Crippen LogP contribution in [0.4, 0.5) is 22.9 Å². The Hall–Kier alpha value is -3.83. The Bertz CT molecular complexity index is 925. The van der Waals surface area contributed by atoms with Crippen LogP contribution < -0.4 is 9.80 Å². The lowest BCUT2D eigenvalue weighted by molar-refractivity contribution is -0.394. The minimum Gasteiger partial charge on any atom is -0.376 e. The molecule has 0 radical (unpaired) electrons. The number of piperazine rings is 1. The number of benzene rings is 1. The Morgan fingerprint density at radius 3 is 2.10 bits per heavy atom. The van der Waals surface area contributed by atoms with Gasteiger partial charge in [-0.3, -0.25) is 25.0 Å². The fraction of sp³-hybridized carbons (Fsp3) is 0.353. The van der Waals surface area contributed by atoms with Gasteiger partial charge in [-0.1, -0.05) is 0 Å². The highest BCUT2D eigenvalue weighted by Crippen LogP contribution is 2.24. The molecule has 0 aliphatic carbocycles. The number of aromatic nitrogens is 2. The average Bonchev–Trinajstić information content (AvgIpc) is 2.73. The lowest BCUT2D eigenvalue weighted by Gasteiger charge is -2.35. The molecule has 29 heavy (non-hydrogen) atoms. The maximum absolute atomic E-state index is 12.8. The summed E-state index contributed by atoms with van der Waals surface area (Å²) in [5.41, 5.74) is -0.153. The molecular weight excluding hydrogens is 382 g/mol. The Morgan fingerprint density at radius 1 is 1.00 bits per heavy atom. The van der Waals surface area contributed by atoms with E-state index in [-0.39, 0.29) is 5.56 Å². The summed E-state index contributed by atoms with van der Waals surface area (Å²) in [7, 11) is 3.80. The number of nitro groups is 2. The summed E-state index contributed by atoms with van der Waals surface area (Å²) in [4.78, 5) is 38.7. The summed E-state index contributed by atoms with van der Waals surface area (Å²) in [6.07, 6.45) is 1.65. The number of non-ortho nitro benzene ring substituents is 2. The Morgan fingerprint density at radius 2 is 1.59 bits per heavy atom. The molecule has 0 bridgehead atoms. The zero-order valence-corrected chi connectivity index (χ0v) is 15.9. The average molecular weight is 401 g/mol. The predicted octanol–water partition coefficient (Wildman–Crippen LogP) is 1.32. The minimum atomic E-state index is -0.752. The van der Waals surface area contributed by atoms with Crippen molar-refractivity contribution >= 4 is 28.8 Å². The molecular formula is C17H19N7O5. The fourth-order valence-electron chi connectivity index (χ4n) is 3.00. The summed E-state index contributed by atoms with van der Waals surface area (Å²) in [5, 5.41) is 30.2. The van der Waals surface area contributed by atoms with Crippen molar-refractivity contribution in [1.29, 1.82) is 0 Å². The van der Waals surface area contributed by atoms with Gasteiger partial charge in [0.1, 0.15) is 0 Å². The zero-order chi connectivity index (χ0) is 21.1. The monoisotopic (exact) mass is 401 g/mol. The first-order chi connectivity index (χ1) is 13.8. The van der Waals surface area contributed by atoms with Crippen LogP contribution in [0.5, 0.6) is 0 Å². The van der Waals surface area contributed by atoms with Crippen molar-refractivity contribution in [2.45, 2.75) is 0 Å². The molecule has 1 fully saturated rings. The molecule has 1 aromatic heterocycles. The van der Waals surface area contributed by atoms with Crippen molar-refractivity contribution in [3.8, 4) is 0 Å². The number of hydrogen-bond acceptors (Lipinski definition) is 9. The van der Waals surface area contributed by atoms with E-state index in [1.54, 1.807) is 6.20 Å². The van der Waals surface area contributed by atoms with E-state index in [9.17, 15) is 25.0 Å². The summed E-state index contributed by atoms with van der Waals surface area (Å²) in [6, 6.07) is 4.86. The molecule has 0 atom stereocenters. The van der Waals surface area contributed by atoms with E-state index in [4.69, 9.17) is 0 Å². The molecule has 1 aliphatic heterocycles. The Kier molecular flexibility index (Phi) is 5.52. The van der Waals surface area contributed by atoms with Crippen molar-refractivity contribution in [1.82, 2.24) is 15.1 Å². The zero-order valence-electron chi connectivity index (χ0n) is 15.9. The molecule has 3 rings (SSSR count). The van der Waals surface area contributed by atoms with Crippen LogP contribution in [0, 0.1) is 20.2 Å². The number of carbonyl (C=O) groups is 1. The van der Waals surface area contributed by atoms with Gasteiger partial charge < -0.3 is 14.7 Å². The number of rotatable bonds is 5. The van der Waals surface area contributed by atoms with Gasteiger partial charge in [0.05, 0.1) is 33.4 Å². The normalized spacial score (nSPS) is 13.9. The van der Waals surface area contributed by atoms with E-state index in [1.165, 1.54) is 4.90 Å². The summed E-state index contributed by atoms with van der Waals surface area (Å²) in [6.45, 7) is 1.69. The first-order valence-electron chi connectivity index (χ1n) is 8.74. The van der Waals surface area contributed by atoms with E-state index in [2.05, 4.69) is 10.2 Å². The molecule has 1 aliphatic rings. The minimum absolute atomic E-state index is 0.0752. The van der Waals surface area contributed by atoms with Crippen LogP contribution >= 0.6 is 0 Å². The molecule has 0 unspecified atom stereocenters. The van der Waals surface area contributed by atoms with Crippen molar-refractivity contribution in [2.75, 3.05) is 50.1 Å². The molecule has 0 saturated carbocycles. The number of anilines is 2. The quantitative estimate of drug-likeness (QED) is 0.536. The van der Waals surface area contributed by atoms with Crippen LogP contribution in [0.25, 0.3) is 0 Å². The maximum atomic E-state index is 12.8. The Labute approximate surface area is 165 Å². The SMILES string of the molecule is CN(C)c1cnnc(N2CCN(C(=O)c3cc([N+](=O)[O-])cc([N+](=O)[O-])c3)CC2)c1. The van der Waals surface area contributed by atoms with E-state index in [1.807, 2.05) is 30.0 Å². The van der Waals surface area contributed by atoms with Gasteiger partial charge in [0.25, 0.3) is 17.3 Å². The van der Waals surface area contributed by atoms with Crippen LogP contribution in [0.3, 0.4) is 0 Å². The smallest absolute Gasteiger partial charge is 0.277 e. The van der Waals surface area contributed by atoms with Gasteiger partial charge in [-0.15, -0.1) is 5.10 Å². The second-order valence-corrected chi connectivity index (χ2v) is 6.70. The molecule has 1 saturated heterocycles. The lowest BCUT2D eigenvalue weighted by Crippen LogP contribution is -2.49. The second-order valence-electron chi connectivity index (χ2n) is 6.70. The molecule has 2 aromatic rings. The van der Waals surface area contributed by atoms with Crippen LogP contribution in [0.15, 0.2) is 30.5 Å². The molecule has 1 amide bonds. The standard InChI is InChI=1S/C17H19N7O5/c1-20(2)15-10-16(19-18-11-15)21-3-5-22(6-4-21)17(25)12-7-13(23(26)27)9-14(8-12)24(28)29/h7-11H,3-6H2,1-2H3. The number of nitro benzene ring substituents is 2. The van der Waals surface area contributed by atoms with Crippen molar-refractivity contribution in [3.05, 3.63) is 56.3 Å². The Balaban J connectivity index is 1.74. The largest absolute Gasteiger partial charge is 0.376 e. The predicted molar refractivity (Wildman–Crippen MR) is 104 cm³/mol. The van der Waals surface area contributed by atoms with E-state index in [0.29, 0.717) is 32.0 Å². The van der Waals surface area contributed by atoms with Crippen LogP contribution in [0.1, 0.15) is 10.4 Å². The van der Waals surface area contributed by atoms with E-state index in [0.717, 1.165) is 23.9 Å². The number of nitrogens with zero attached hydrogens (tertiary/aromatic N) is 7. The fourth-order valence-corrected chi connectivity index (χ4v) is 3.00. The van der Waals surface area contributed by atoms with Crippen LogP contribution in [-0.4, -0.2) is 71.1 Å². The van der Waals surface area contributed by atoms with Gasteiger partial charge >= 0.3 is 0 Å². The van der Waals surface area contributed by atoms with Gasteiger partial charge in [-0.25, -0.2) is 0 Å². The maximum Gasteiger partial charge on any atom is 0.277 e. The third-order valence-electron chi connectivity index (χ3n) is 4.61. The summed E-state index contributed by atoms with van der Waals surface area (Å²) >= 11 is 0. The van der Waals surface area contributed by atoms with E-state index >= 15 is 0 Å². The molecule has 0 spiro atoms. The highest BCUT2D eigenvalue weighted by Gasteiger charge is 2.26. The van der Waals surface area contributed by atoms with Crippen molar-refractivity contribution in [2.24, 2.45) is 0 Å². The van der Waals surface area contributed by atoms with Gasteiger partial charge in [0.15, 0.2) is 5.82 Å². The highest BCUT2D eigenvalue weighted by molar-refractivity contribution is 5.95. The number of amides is 1. The molecule has 152 valence electrons. The van der Waals surface area contributed by atoms with Crippen molar-refractivity contribution in [3.63, 3.8) is 0 Å². The third kappa shape index (κ3) is 4.36. The number of carbonyl (C=O) groups excluding carboxylic acids is 1. The molecule has 0 N–H and O–H groups in total. The first-order valence-corrected chi connectivity index (χ1v) is 8.74. The summed E-state index contributed by atoms with van der Waals surface area (Å²) in [5.74, 6) is 0.207. The molecule has 12 nitrogen and oxygen atoms in total. The third-order valence-corrected chi connectivity index (χ3v) is 4.61. The van der Waals surface area contributed by atoms with Gasteiger partial charge in [0.2, 0.25) is 0 Å². The number of hydrogen-bond donors (Lipinski definition) is 0. The van der Waals surface area contributed by atoms with Crippen LogP contribution in [0.2, 0.25) is 0 Å². The second kappa shape index (κ2) is 8.04. The van der Waals surface area contributed by atoms with Gasteiger partial charge in [-0.05, 0) is 0 Å². The highest BCUT2D eigenvalue weighted by atomic mass is 16.6. The molecule has 12 heteroatoms. The lowest BCUT2D eigenvalue weighted by atomic mass is 10.1. The molecule has 2 heterocycles. The summed E-state index contributed by atoms with van der Waals surface area (Å²) < 4.78 is 0.